The van der Waals surface area contributed by atoms with Gasteiger partial charge in [0.1, 0.15) is 11.5 Å². The minimum absolute atomic E-state index is 0.0699. The zero-order valence-electron chi connectivity index (χ0n) is 18.4. The lowest BCUT2D eigenvalue weighted by molar-refractivity contribution is -0.140. The summed E-state index contributed by atoms with van der Waals surface area (Å²) in [6, 6.07) is 15.3. The van der Waals surface area contributed by atoms with Gasteiger partial charge in [0.05, 0.1) is 24.8 Å². The molecule has 2 heterocycles. The molecular formula is C26H24ClNO4S. The molecule has 1 aromatic heterocycles. The smallest absolute Gasteiger partial charge is 0.295 e. The quantitative estimate of drug-likeness (QED) is 0.251. The third-order valence-corrected chi connectivity index (χ3v) is 6.66. The summed E-state index contributed by atoms with van der Waals surface area (Å²) < 4.78 is 5.72. The van der Waals surface area contributed by atoms with Gasteiger partial charge in [-0.1, -0.05) is 36.7 Å². The molecule has 2 aromatic carbocycles. The first kappa shape index (κ1) is 23.1. The Hall–Kier alpha value is -3.09. The highest BCUT2D eigenvalue weighted by Gasteiger charge is 2.46. The molecule has 1 fully saturated rings. The standard InChI is InChI=1S/C26H24ClNO4S/c1-3-12-32-21-11-8-18(14-16(21)2)24(29)22-23(17-6-9-19(27)10-7-17)28(26(31)25(22)30)15-20-5-4-13-33-20/h4-11,13-14,23,29H,3,12,15H2,1-2H3/b24-22-. The van der Waals surface area contributed by atoms with Crippen molar-refractivity contribution in [3.63, 3.8) is 0 Å². The number of carbonyl (C=O) groups is 2. The largest absolute Gasteiger partial charge is 0.507 e. The molecule has 1 aliphatic heterocycles. The van der Waals surface area contributed by atoms with Crippen LogP contribution in [0, 0.1) is 6.92 Å². The van der Waals surface area contributed by atoms with Crippen LogP contribution in [0.15, 0.2) is 65.6 Å². The fraction of sp³-hybridized carbons (Fsp3) is 0.231. The number of nitrogens with zero attached hydrogens (tertiary/aromatic N) is 1. The van der Waals surface area contributed by atoms with Gasteiger partial charge in [-0.15, -0.1) is 11.3 Å². The molecule has 3 aromatic rings. The number of Topliss-reactive ketones (excluding diaryl/α,β-unsaturated/α-hetero) is 1. The summed E-state index contributed by atoms with van der Waals surface area (Å²) in [5.74, 6) is -0.814. The number of hydrogen-bond donors (Lipinski definition) is 1. The van der Waals surface area contributed by atoms with Gasteiger partial charge in [0.15, 0.2) is 0 Å². The van der Waals surface area contributed by atoms with Gasteiger partial charge in [-0.25, -0.2) is 0 Å². The van der Waals surface area contributed by atoms with Crippen LogP contribution >= 0.6 is 22.9 Å². The number of ketones is 1. The number of carbonyl (C=O) groups excluding carboxylic acids is 2. The average molecular weight is 482 g/mol. The second kappa shape index (κ2) is 9.81. The van der Waals surface area contributed by atoms with E-state index in [2.05, 4.69) is 0 Å². The number of halogens is 1. The fourth-order valence-corrected chi connectivity index (χ4v) is 4.76. The number of rotatable bonds is 7. The first-order valence-corrected chi connectivity index (χ1v) is 12.0. The highest BCUT2D eigenvalue weighted by atomic mass is 35.5. The van der Waals surface area contributed by atoms with Crippen molar-refractivity contribution in [1.82, 2.24) is 4.90 Å². The number of aliphatic hydroxyl groups excluding tert-OH is 1. The SMILES string of the molecule is CCCOc1ccc(/C(O)=C2/C(=O)C(=O)N(Cc3cccs3)C2c2ccc(Cl)cc2)cc1C. The molecule has 5 nitrogen and oxygen atoms in total. The molecule has 1 saturated heterocycles. The highest BCUT2D eigenvalue weighted by molar-refractivity contribution is 7.09. The summed E-state index contributed by atoms with van der Waals surface area (Å²) in [5, 5.41) is 13.7. The number of thiophene rings is 1. The molecule has 1 N–H and O–H groups in total. The van der Waals surface area contributed by atoms with Crippen molar-refractivity contribution >= 4 is 40.4 Å². The summed E-state index contributed by atoms with van der Waals surface area (Å²) in [6.45, 7) is 4.78. The Bertz CT molecular complexity index is 1200. The molecular weight excluding hydrogens is 458 g/mol. The number of likely N-dealkylation sites (tertiary alicyclic amines) is 1. The van der Waals surface area contributed by atoms with Gasteiger partial charge < -0.3 is 14.7 Å². The Labute approximate surface area is 201 Å². The maximum Gasteiger partial charge on any atom is 0.295 e. The molecule has 170 valence electrons. The Morgan fingerprint density at radius 3 is 2.55 bits per heavy atom. The molecule has 0 spiro atoms. The van der Waals surface area contributed by atoms with Gasteiger partial charge in [0, 0.05) is 15.5 Å². The lowest BCUT2D eigenvalue weighted by Gasteiger charge is -2.25. The van der Waals surface area contributed by atoms with E-state index in [1.54, 1.807) is 42.5 Å². The van der Waals surface area contributed by atoms with Gasteiger partial charge in [-0.05, 0) is 66.2 Å². The van der Waals surface area contributed by atoms with Gasteiger partial charge in [-0.2, -0.15) is 0 Å². The Kier molecular flexibility index (Phi) is 6.86. The monoisotopic (exact) mass is 481 g/mol. The third kappa shape index (κ3) is 4.68. The summed E-state index contributed by atoms with van der Waals surface area (Å²) >= 11 is 7.58. The highest BCUT2D eigenvalue weighted by Crippen LogP contribution is 2.41. The van der Waals surface area contributed by atoms with E-state index >= 15 is 0 Å². The number of ether oxygens (including phenoxy) is 1. The molecule has 0 aliphatic carbocycles. The van der Waals surface area contributed by atoms with E-state index in [0.717, 1.165) is 22.6 Å². The van der Waals surface area contributed by atoms with Crippen molar-refractivity contribution in [3.05, 3.63) is 92.1 Å². The lowest BCUT2D eigenvalue weighted by atomic mass is 9.95. The van der Waals surface area contributed by atoms with E-state index in [0.29, 0.717) is 22.8 Å². The van der Waals surface area contributed by atoms with Crippen LogP contribution in [0.1, 0.15) is 41.0 Å². The fourth-order valence-electron chi connectivity index (χ4n) is 3.93. The van der Waals surface area contributed by atoms with Crippen molar-refractivity contribution in [2.24, 2.45) is 0 Å². The lowest BCUT2D eigenvalue weighted by Crippen LogP contribution is -2.28. The van der Waals surface area contributed by atoms with Crippen molar-refractivity contribution in [2.75, 3.05) is 6.61 Å². The normalized spacial score (nSPS) is 17.5. The molecule has 33 heavy (non-hydrogen) atoms. The van der Waals surface area contributed by atoms with Gasteiger partial charge in [0.2, 0.25) is 0 Å². The molecule has 1 atom stereocenters. The minimum atomic E-state index is -0.722. The zero-order valence-corrected chi connectivity index (χ0v) is 19.9. The summed E-state index contributed by atoms with van der Waals surface area (Å²) in [4.78, 5) is 28.7. The van der Waals surface area contributed by atoms with E-state index in [9.17, 15) is 14.7 Å². The maximum absolute atomic E-state index is 13.1. The predicted octanol–water partition coefficient (Wildman–Crippen LogP) is 6.12. The zero-order chi connectivity index (χ0) is 23.5. The Morgan fingerprint density at radius 1 is 1.15 bits per heavy atom. The van der Waals surface area contributed by atoms with Crippen LogP contribution in [-0.2, 0) is 16.1 Å². The first-order valence-electron chi connectivity index (χ1n) is 10.7. The third-order valence-electron chi connectivity index (χ3n) is 5.54. The second-order valence-corrected chi connectivity index (χ2v) is 9.36. The minimum Gasteiger partial charge on any atom is -0.507 e. The summed E-state index contributed by atoms with van der Waals surface area (Å²) in [7, 11) is 0. The number of aryl methyl sites for hydroxylation is 1. The maximum atomic E-state index is 13.1. The predicted molar refractivity (Wildman–Crippen MR) is 131 cm³/mol. The van der Waals surface area contributed by atoms with Crippen LogP contribution in [0.3, 0.4) is 0 Å². The van der Waals surface area contributed by atoms with E-state index in [1.165, 1.54) is 16.2 Å². The topological polar surface area (TPSA) is 66.8 Å². The number of amides is 1. The summed E-state index contributed by atoms with van der Waals surface area (Å²) in [6.07, 6.45) is 0.885. The van der Waals surface area contributed by atoms with Crippen LogP contribution < -0.4 is 4.74 Å². The molecule has 0 radical (unpaired) electrons. The molecule has 1 aliphatic rings. The Morgan fingerprint density at radius 2 is 1.91 bits per heavy atom. The van der Waals surface area contributed by atoms with Crippen LogP contribution in [0.2, 0.25) is 5.02 Å². The summed E-state index contributed by atoms with van der Waals surface area (Å²) in [5.41, 5.74) is 2.07. The van der Waals surface area contributed by atoms with Gasteiger partial charge in [0.25, 0.3) is 11.7 Å². The average Bonchev–Trinajstić information content (AvgIpc) is 3.41. The second-order valence-electron chi connectivity index (χ2n) is 7.89. The molecule has 4 rings (SSSR count). The van der Waals surface area contributed by atoms with Crippen molar-refractivity contribution in [3.8, 4) is 5.75 Å². The molecule has 0 bridgehead atoms. The van der Waals surface area contributed by atoms with E-state index in [4.69, 9.17) is 16.3 Å². The van der Waals surface area contributed by atoms with Gasteiger partial charge >= 0.3 is 0 Å². The van der Waals surface area contributed by atoms with Gasteiger partial charge in [-0.3, -0.25) is 9.59 Å². The molecule has 1 amide bonds. The number of benzene rings is 2. The number of aliphatic hydroxyl groups is 1. The first-order chi connectivity index (χ1) is 15.9. The molecule has 1 unspecified atom stereocenters. The van der Waals surface area contributed by atoms with Crippen LogP contribution in [0.5, 0.6) is 5.75 Å². The van der Waals surface area contributed by atoms with Crippen LogP contribution in [0.4, 0.5) is 0 Å². The van der Waals surface area contributed by atoms with Crippen molar-refractivity contribution in [1.29, 1.82) is 0 Å². The Balaban J connectivity index is 1.80. The van der Waals surface area contributed by atoms with E-state index in [1.807, 2.05) is 31.4 Å². The number of hydrogen-bond acceptors (Lipinski definition) is 5. The van der Waals surface area contributed by atoms with E-state index < -0.39 is 17.7 Å². The van der Waals surface area contributed by atoms with E-state index in [-0.39, 0.29) is 17.9 Å². The van der Waals surface area contributed by atoms with Crippen LogP contribution in [0.25, 0.3) is 5.76 Å². The molecule has 0 saturated carbocycles. The van der Waals surface area contributed by atoms with Crippen LogP contribution in [-0.4, -0.2) is 28.3 Å². The molecule has 7 heteroatoms. The van der Waals surface area contributed by atoms with Crippen molar-refractivity contribution in [2.45, 2.75) is 32.9 Å². The van der Waals surface area contributed by atoms with Crippen molar-refractivity contribution < 1.29 is 19.4 Å².